The summed E-state index contributed by atoms with van der Waals surface area (Å²) < 4.78 is 5.64. The Morgan fingerprint density at radius 2 is 1.84 bits per heavy atom. The quantitative estimate of drug-likeness (QED) is 0.906. The topological polar surface area (TPSA) is 32.7 Å². The third-order valence-corrected chi connectivity index (χ3v) is 4.33. The number of hydrogen-bond acceptors (Lipinski definition) is 3. The molecule has 1 unspecified atom stereocenters. The first-order chi connectivity index (χ1) is 9.10. The molecule has 1 aliphatic heterocycles. The van der Waals surface area contributed by atoms with Crippen LogP contribution in [0.4, 0.5) is 0 Å². The monoisotopic (exact) mass is 263 g/mol. The molecule has 1 fully saturated rings. The molecule has 1 aromatic rings. The van der Waals surface area contributed by atoms with E-state index in [0.29, 0.717) is 0 Å². The van der Waals surface area contributed by atoms with Gasteiger partial charge in [0.15, 0.2) is 0 Å². The molecule has 1 heterocycles. The molecule has 0 spiro atoms. The van der Waals surface area contributed by atoms with Crippen molar-refractivity contribution in [3.05, 3.63) is 28.3 Å². The number of hydrogen-bond donors (Lipinski definition) is 1. The van der Waals surface area contributed by atoms with Gasteiger partial charge in [0, 0.05) is 5.56 Å². The highest BCUT2D eigenvalue weighted by atomic mass is 16.5. The second kappa shape index (κ2) is 5.93. The van der Waals surface area contributed by atoms with E-state index in [0.717, 1.165) is 24.4 Å². The molecule has 0 amide bonds. The van der Waals surface area contributed by atoms with Crippen molar-refractivity contribution in [2.24, 2.45) is 0 Å². The van der Waals surface area contributed by atoms with Crippen molar-refractivity contribution in [3.8, 4) is 5.75 Å². The Morgan fingerprint density at radius 3 is 2.37 bits per heavy atom. The SMILES string of the molecule is COc1c(C)c(C)cc(C)c1C(CO)N1CCCC1. The van der Waals surface area contributed by atoms with Crippen LogP contribution in [0.25, 0.3) is 0 Å². The maximum Gasteiger partial charge on any atom is 0.127 e. The Balaban J connectivity index is 2.49. The highest BCUT2D eigenvalue weighted by Gasteiger charge is 2.27. The molecule has 0 aromatic heterocycles. The van der Waals surface area contributed by atoms with Gasteiger partial charge in [-0.15, -0.1) is 0 Å². The van der Waals surface area contributed by atoms with Gasteiger partial charge in [-0.05, 0) is 63.4 Å². The number of aliphatic hydroxyl groups is 1. The number of nitrogens with zero attached hydrogens (tertiary/aromatic N) is 1. The van der Waals surface area contributed by atoms with Crippen LogP contribution >= 0.6 is 0 Å². The number of likely N-dealkylation sites (tertiary alicyclic amines) is 1. The van der Waals surface area contributed by atoms with Crippen molar-refractivity contribution >= 4 is 0 Å². The van der Waals surface area contributed by atoms with Gasteiger partial charge in [-0.3, -0.25) is 4.90 Å². The highest BCUT2D eigenvalue weighted by Crippen LogP contribution is 2.37. The number of benzene rings is 1. The van der Waals surface area contributed by atoms with Crippen molar-refractivity contribution < 1.29 is 9.84 Å². The van der Waals surface area contributed by atoms with Crippen LogP contribution in [0.15, 0.2) is 6.07 Å². The van der Waals surface area contributed by atoms with Crippen molar-refractivity contribution in [1.82, 2.24) is 4.90 Å². The molecule has 0 aliphatic carbocycles. The van der Waals surface area contributed by atoms with Crippen LogP contribution in [0.2, 0.25) is 0 Å². The number of ether oxygens (including phenoxy) is 1. The third-order valence-electron chi connectivity index (χ3n) is 4.33. The van der Waals surface area contributed by atoms with Gasteiger partial charge in [0.05, 0.1) is 19.8 Å². The molecule has 106 valence electrons. The lowest BCUT2D eigenvalue weighted by Crippen LogP contribution is -2.29. The largest absolute Gasteiger partial charge is 0.496 e. The summed E-state index contributed by atoms with van der Waals surface area (Å²) in [5.41, 5.74) is 4.80. The van der Waals surface area contributed by atoms with E-state index in [1.165, 1.54) is 29.5 Å². The molecule has 3 nitrogen and oxygen atoms in total. The molecule has 1 aliphatic rings. The Labute approximate surface area is 116 Å². The molecular weight excluding hydrogens is 238 g/mol. The smallest absolute Gasteiger partial charge is 0.127 e. The summed E-state index contributed by atoms with van der Waals surface area (Å²) in [6.45, 7) is 8.61. The molecule has 19 heavy (non-hydrogen) atoms. The van der Waals surface area contributed by atoms with Gasteiger partial charge in [-0.2, -0.15) is 0 Å². The molecule has 1 N–H and O–H groups in total. The summed E-state index contributed by atoms with van der Waals surface area (Å²) in [6.07, 6.45) is 2.45. The zero-order chi connectivity index (χ0) is 14.0. The van der Waals surface area contributed by atoms with Crippen LogP contribution in [0.3, 0.4) is 0 Å². The van der Waals surface area contributed by atoms with Crippen LogP contribution in [0.5, 0.6) is 5.75 Å². The summed E-state index contributed by atoms with van der Waals surface area (Å²) >= 11 is 0. The Hall–Kier alpha value is -1.06. The van der Waals surface area contributed by atoms with E-state index in [9.17, 15) is 5.11 Å². The lowest BCUT2D eigenvalue weighted by atomic mass is 9.93. The summed E-state index contributed by atoms with van der Waals surface area (Å²) in [5, 5.41) is 9.85. The molecule has 1 aromatic carbocycles. The molecule has 0 saturated carbocycles. The van der Waals surface area contributed by atoms with Gasteiger partial charge in [0.1, 0.15) is 5.75 Å². The third kappa shape index (κ3) is 2.63. The first kappa shape index (κ1) is 14.4. The molecule has 1 atom stereocenters. The Morgan fingerprint density at radius 1 is 1.21 bits per heavy atom. The number of rotatable bonds is 4. The predicted molar refractivity (Wildman–Crippen MR) is 77.8 cm³/mol. The zero-order valence-electron chi connectivity index (χ0n) is 12.5. The van der Waals surface area contributed by atoms with Gasteiger partial charge in [-0.25, -0.2) is 0 Å². The first-order valence-electron chi connectivity index (χ1n) is 7.09. The summed E-state index contributed by atoms with van der Waals surface area (Å²) in [4.78, 5) is 2.37. The molecule has 3 heteroatoms. The van der Waals surface area contributed by atoms with E-state index >= 15 is 0 Å². The maximum atomic E-state index is 9.85. The zero-order valence-corrected chi connectivity index (χ0v) is 12.5. The van der Waals surface area contributed by atoms with E-state index in [-0.39, 0.29) is 12.6 Å². The fourth-order valence-electron chi connectivity index (χ4n) is 3.19. The van der Waals surface area contributed by atoms with E-state index in [1.807, 2.05) is 0 Å². The lowest BCUT2D eigenvalue weighted by molar-refractivity contribution is 0.144. The number of aryl methyl sites for hydroxylation is 2. The van der Waals surface area contributed by atoms with E-state index in [2.05, 4.69) is 31.7 Å². The van der Waals surface area contributed by atoms with Crippen LogP contribution in [0, 0.1) is 20.8 Å². The maximum absolute atomic E-state index is 9.85. The minimum absolute atomic E-state index is 0.0664. The van der Waals surface area contributed by atoms with Crippen LogP contribution in [-0.4, -0.2) is 36.8 Å². The summed E-state index contributed by atoms with van der Waals surface area (Å²) in [7, 11) is 1.73. The number of aliphatic hydroxyl groups excluding tert-OH is 1. The predicted octanol–water partition coefficient (Wildman–Crippen LogP) is 2.75. The van der Waals surface area contributed by atoms with Crippen molar-refractivity contribution in [2.75, 3.05) is 26.8 Å². The van der Waals surface area contributed by atoms with Crippen LogP contribution < -0.4 is 4.74 Å². The average molecular weight is 263 g/mol. The Bertz CT molecular complexity index is 451. The second-order valence-electron chi connectivity index (χ2n) is 5.52. The summed E-state index contributed by atoms with van der Waals surface area (Å²) in [6, 6.07) is 2.27. The van der Waals surface area contributed by atoms with Crippen molar-refractivity contribution in [3.63, 3.8) is 0 Å². The minimum Gasteiger partial charge on any atom is -0.496 e. The van der Waals surface area contributed by atoms with E-state index < -0.39 is 0 Å². The fourth-order valence-corrected chi connectivity index (χ4v) is 3.19. The minimum atomic E-state index is 0.0664. The van der Waals surface area contributed by atoms with Gasteiger partial charge >= 0.3 is 0 Å². The van der Waals surface area contributed by atoms with Crippen LogP contribution in [-0.2, 0) is 0 Å². The normalized spacial score (nSPS) is 17.7. The Kier molecular flexibility index (Phi) is 4.48. The summed E-state index contributed by atoms with van der Waals surface area (Å²) in [5.74, 6) is 0.948. The molecule has 0 radical (unpaired) electrons. The van der Waals surface area contributed by atoms with Gasteiger partial charge < -0.3 is 9.84 Å². The first-order valence-corrected chi connectivity index (χ1v) is 7.09. The standard InChI is InChI=1S/C16H25NO2/c1-11-9-12(2)15(16(19-4)13(11)3)14(10-18)17-7-5-6-8-17/h9,14,18H,5-8,10H2,1-4H3. The molecular formula is C16H25NO2. The van der Waals surface area contributed by atoms with Crippen LogP contribution in [0.1, 0.15) is 41.1 Å². The number of methoxy groups -OCH3 is 1. The van der Waals surface area contributed by atoms with Crippen molar-refractivity contribution in [2.45, 2.75) is 39.7 Å². The average Bonchev–Trinajstić information content (AvgIpc) is 2.90. The molecule has 0 bridgehead atoms. The molecule has 1 saturated heterocycles. The molecule has 2 rings (SSSR count). The van der Waals surface area contributed by atoms with Gasteiger partial charge in [0.25, 0.3) is 0 Å². The van der Waals surface area contributed by atoms with E-state index in [4.69, 9.17) is 4.74 Å². The fraction of sp³-hybridized carbons (Fsp3) is 0.625. The van der Waals surface area contributed by atoms with Crippen molar-refractivity contribution in [1.29, 1.82) is 0 Å². The second-order valence-corrected chi connectivity index (χ2v) is 5.52. The highest BCUT2D eigenvalue weighted by molar-refractivity contribution is 5.51. The van der Waals surface area contributed by atoms with Gasteiger partial charge in [0.2, 0.25) is 0 Å². The lowest BCUT2D eigenvalue weighted by Gasteiger charge is -2.30. The van der Waals surface area contributed by atoms with E-state index in [1.54, 1.807) is 7.11 Å². The van der Waals surface area contributed by atoms with Gasteiger partial charge in [-0.1, -0.05) is 6.07 Å².